The molecule has 0 bridgehead atoms. The summed E-state index contributed by atoms with van der Waals surface area (Å²) in [5.74, 6) is -0.489. The highest BCUT2D eigenvalue weighted by Gasteiger charge is 2.24. The molecule has 0 saturated heterocycles. The van der Waals surface area contributed by atoms with E-state index in [2.05, 4.69) is 11.3 Å². The van der Waals surface area contributed by atoms with Gasteiger partial charge in [0.15, 0.2) is 0 Å². The molecule has 2 aromatic rings. The van der Waals surface area contributed by atoms with E-state index in [1.807, 2.05) is 0 Å². The van der Waals surface area contributed by atoms with Crippen LogP contribution in [0.2, 0.25) is 5.02 Å². The maximum atomic E-state index is 12.9. The molecule has 2 rings (SSSR count). The Bertz CT molecular complexity index is 830. The number of carbonyl (C=O) groups is 1. The lowest BCUT2D eigenvalue weighted by Crippen LogP contribution is -2.31. The van der Waals surface area contributed by atoms with Crippen LogP contribution in [0.3, 0.4) is 0 Å². The standard InChI is InChI=1S/C17H16ClNO4S/c1-3-12-19(15-8-4-13(5-9-15)17(20)23-2)24(21,22)16-10-6-14(18)7-11-16/h3-11H,1,12H2,2H3. The molecule has 0 atom stereocenters. The summed E-state index contributed by atoms with van der Waals surface area (Å²) < 4.78 is 31.5. The molecule has 7 heteroatoms. The van der Waals surface area contributed by atoms with Crippen molar-refractivity contribution >= 4 is 33.3 Å². The van der Waals surface area contributed by atoms with Crippen LogP contribution in [-0.4, -0.2) is 28.0 Å². The van der Waals surface area contributed by atoms with Crippen LogP contribution in [0, 0.1) is 0 Å². The number of rotatable bonds is 6. The topological polar surface area (TPSA) is 63.7 Å². The number of halogens is 1. The molecular weight excluding hydrogens is 350 g/mol. The van der Waals surface area contributed by atoms with Crippen LogP contribution in [0.15, 0.2) is 66.1 Å². The number of benzene rings is 2. The fraction of sp³-hybridized carbons (Fsp3) is 0.118. The number of ether oxygens (including phenoxy) is 1. The van der Waals surface area contributed by atoms with E-state index in [1.54, 1.807) is 12.1 Å². The molecule has 24 heavy (non-hydrogen) atoms. The highest BCUT2D eigenvalue weighted by atomic mass is 35.5. The molecule has 0 heterocycles. The van der Waals surface area contributed by atoms with Crippen LogP contribution < -0.4 is 4.31 Å². The zero-order valence-corrected chi connectivity index (χ0v) is 14.5. The van der Waals surface area contributed by atoms with E-state index in [0.29, 0.717) is 16.3 Å². The van der Waals surface area contributed by atoms with E-state index < -0.39 is 16.0 Å². The van der Waals surface area contributed by atoms with Gasteiger partial charge in [-0.1, -0.05) is 17.7 Å². The number of hydrogen-bond donors (Lipinski definition) is 0. The summed E-state index contributed by atoms with van der Waals surface area (Å²) in [6.07, 6.45) is 1.49. The second kappa shape index (κ2) is 7.51. The zero-order valence-electron chi connectivity index (χ0n) is 13.0. The molecule has 0 spiro atoms. The predicted octanol–water partition coefficient (Wildman–Crippen LogP) is 3.51. The van der Waals surface area contributed by atoms with Gasteiger partial charge in [-0.05, 0) is 48.5 Å². The van der Waals surface area contributed by atoms with E-state index in [9.17, 15) is 13.2 Å². The van der Waals surface area contributed by atoms with Crippen LogP contribution in [-0.2, 0) is 14.8 Å². The SMILES string of the molecule is C=CCN(c1ccc(C(=O)OC)cc1)S(=O)(=O)c1ccc(Cl)cc1. The maximum absolute atomic E-state index is 12.9. The Morgan fingerprint density at radius 2 is 1.75 bits per heavy atom. The van der Waals surface area contributed by atoms with Crippen molar-refractivity contribution in [2.75, 3.05) is 18.0 Å². The van der Waals surface area contributed by atoms with Crippen LogP contribution in [0.4, 0.5) is 5.69 Å². The molecule has 0 radical (unpaired) electrons. The first-order valence-electron chi connectivity index (χ1n) is 6.97. The summed E-state index contributed by atoms with van der Waals surface area (Å²) in [7, 11) is -2.50. The first-order chi connectivity index (χ1) is 11.4. The summed E-state index contributed by atoms with van der Waals surface area (Å²) in [4.78, 5) is 11.6. The van der Waals surface area contributed by atoms with Crippen molar-refractivity contribution in [1.82, 2.24) is 0 Å². The van der Waals surface area contributed by atoms with Crippen LogP contribution in [0.25, 0.3) is 0 Å². The molecule has 126 valence electrons. The molecule has 0 amide bonds. The molecular formula is C17H16ClNO4S. The minimum atomic E-state index is -3.78. The molecule has 2 aromatic carbocycles. The zero-order chi connectivity index (χ0) is 17.7. The third kappa shape index (κ3) is 3.77. The van der Waals surface area contributed by atoms with Gasteiger partial charge in [0.2, 0.25) is 0 Å². The molecule has 0 N–H and O–H groups in total. The average molecular weight is 366 g/mol. The lowest BCUT2D eigenvalue weighted by Gasteiger charge is -2.23. The fourth-order valence-corrected chi connectivity index (χ4v) is 3.64. The van der Waals surface area contributed by atoms with Gasteiger partial charge in [-0.3, -0.25) is 4.31 Å². The van der Waals surface area contributed by atoms with Gasteiger partial charge in [0, 0.05) is 5.02 Å². The largest absolute Gasteiger partial charge is 0.465 e. The summed E-state index contributed by atoms with van der Waals surface area (Å²) in [5, 5.41) is 0.451. The number of sulfonamides is 1. The molecule has 5 nitrogen and oxygen atoms in total. The van der Waals surface area contributed by atoms with Gasteiger partial charge < -0.3 is 4.74 Å². The van der Waals surface area contributed by atoms with Gasteiger partial charge in [-0.25, -0.2) is 13.2 Å². The first-order valence-corrected chi connectivity index (χ1v) is 8.79. The Morgan fingerprint density at radius 1 is 1.17 bits per heavy atom. The highest BCUT2D eigenvalue weighted by molar-refractivity contribution is 7.92. The van der Waals surface area contributed by atoms with Gasteiger partial charge in [0.1, 0.15) is 0 Å². The van der Waals surface area contributed by atoms with Gasteiger partial charge in [-0.2, -0.15) is 0 Å². The summed E-state index contributed by atoms with van der Waals surface area (Å²) in [5.41, 5.74) is 0.751. The number of methoxy groups -OCH3 is 1. The molecule has 0 aromatic heterocycles. The van der Waals surface area contributed by atoms with Crippen molar-refractivity contribution in [3.63, 3.8) is 0 Å². The Hall–Kier alpha value is -2.31. The normalized spacial score (nSPS) is 10.9. The van der Waals surface area contributed by atoms with Crippen molar-refractivity contribution in [2.45, 2.75) is 4.90 Å². The summed E-state index contributed by atoms with van der Waals surface area (Å²) >= 11 is 5.81. The van der Waals surface area contributed by atoms with E-state index >= 15 is 0 Å². The fourth-order valence-electron chi connectivity index (χ4n) is 2.07. The molecule has 0 aliphatic carbocycles. The molecule has 0 unspecified atom stereocenters. The average Bonchev–Trinajstić information content (AvgIpc) is 2.59. The predicted molar refractivity (Wildman–Crippen MR) is 94.0 cm³/mol. The second-order valence-electron chi connectivity index (χ2n) is 4.82. The maximum Gasteiger partial charge on any atom is 0.337 e. The minimum Gasteiger partial charge on any atom is -0.465 e. The Morgan fingerprint density at radius 3 is 2.25 bits per heavy atom. The molecule has 0 fully saturated rings. The summed E-state index contributed by atoms with van der Waals surface area (Å²) in [6, 6.07) is 12.0. The monoisotopic (exact) mass is 365 g/mol. The van der Waals surface area contributed by atoms with E-state index in [1.165, 1.54) is 53.9 Å². The van der Waals surface area contributed by atoms with Crippen molar-refractivity contribution < 1.29 is 17.9 Å². The highest BCUT2D eigenvalue weighted by Crippen LogP contribution is 2.25. The lowest BCUT2D eigenvalue weighted by molar-refractivity contribution is 0.0601. The lowest BCUT2D eigenvalue weighted by atomic mass is 10.2. The first kappa shape index (κ1) is 18.0. The summed E-state index contributed by atoms with van der Waals surface area (Å²) in [6.45, 7) is 3.69. The smallest absolute Gasteiger partial charge is 0.337 e. The van der Waals surface area contributed by atoms with Gasteiger partial charge in [0.25, 0.3) is 10.0 Å². The van der Waals surface area contributed by atoms with E-state index in [0.717, 1.165) is 0 Å². The van der Waals surface area contributed by atoms with Crippen LogP contribution in [0.5, 0.6) is 0 Å². The second-order valence-corrected chi connectivity index (χ2v) is 7.12. The van der Waals surface area contributed by atoms with Gasteiger partial charge in [-0.15, -0.1) is 6.58 Å². The van der Waals surface area contributed by atoms with Crippen molar-refractivity contribution in [3.05, 3.63) is 71.8 Å². The Balaban J connectivity index is 2.43. The van der Waals surface area contributed by atoms with E-state index in [-0.39, 0.29) is 11.4 Å². The van der Waals surface area contributed by atoms with E-state index in [4.69, 9.17) is 11.6 Å². The number of carbonyl (C=O) groups excluding carboxylic acids is 1. The minimum absolute atomic E-state index is 0.0858. The number of esters is 1. The molecule has 0 saturated carbocycles. The third-order valence-electron chi connectivity index (χ3n) is 3.27. The quantitative estimate of drug-likeness (QED) is 0.580. The van der Waals surface area contributed by atoms with Crippen LogP contribution in [0.1, 0.15) is 10.4 Å². The van der Waals surface area contributed by atoms with Gasteiger partial charge in [0.05, 0.1) is 29.8 Å². The number of anilines is 1. The number of hydrogen-bond acceptors (Lipinski definition) is 4. The van der Waals surface area contributed by atoms with Gasteiger partial charge >= 0.3 is 5.97 Å². The Kier molecular flexibility index (Phi) is 5.64. The molecule has 0 aliphatic heterocycles. The van der Waals surface area contributed by atoms with Crippen molar-refractivity contribution in [2.24, 2.45) is 0 Å². The molecule has 0 aliphatic rings. The van der Waals surface area contributed by atoms with Crippen LogP contribution >= 0.6 is 11.6 Å². The van der Waals surface area contributed by atoms with Crippen molar-refractivity contribution in [1.29, 1.82) is 0 Å². The van der Waals surface area contributed by atoms with Crippen molar-refractivity contribution in [3.8, 4) is 0 Å². The third-order valence-corrected chi connectivity index (χ3v) is 5.33. The Labute approximate surface area is 146 Å². The number of nitrogens with zero attached hydrogens (tertiary/aromatic N) is 1.